The molecule has 0 aliphatic rings. The number of nitrogens with zero attached hydrogens (tertiary/aromatic N) is 1. The molecule has 80 valence electrons. The Bertz CT molecular complexity index is 273. The van der Waals surface area contributed by atoms with Crippen LogP contribution in [0, 0.1) is 5.92 Å². The molecule has 0 aromatic carbocycles. The van der Waals surface area contributed by atoms with E-state index in [9.17, 15) is 0 Å². The zero-order chi connectivity index (χ0) is 10.6. The summed E-state index contributed by atoms with van der Waals surface area (Å²) in [7, 11) is 1.94. The van der Waals surface area contributed by atoms with Crippen molar-refractivity contribution in [3.63, 3.8) is 0 Å². The summed E-state index contributed by atoms with van der Waals surface area (Å²) in [4.78, 5) is 4.98. The number of hydrogen-bond acceptors (Lipinski definition) is 3. The third-order valence-corrected chi connectivity index (χ3v) is 3.99. The molecule has 1 aromatic rings. The molecule has 1 rings (SSSR count). The lowest BCUT2D eigenvalue weighted by Gasteiger charge is -2.08. The molecule has 0 amide bonds. The fourth-order valence-corrected chi connectivity index (χ4v) is 3.22. The van der Waals surface area contributed by atoms with Gasteiger partial charge in [-0.3, -0.25) is 0 Å². The molecule has 0 saturated carbocycles. The number of halogens is 1. The van der Waals surface area contributed by atoms with Crippen LogP contribution in [0.1, 0.15) is 35.8 Å². The molecule has 1 atom stereocenters. The summed E-state index contributed by atoms with van der Waals surface area (Å²) in [5, 5.41) is 6.43. The number of rotatable bonds is 5. The third kappa shape index (κ3) is 3.67. The summed E-state index contributed by atoms with van der Waals surface area (Å²) in [5.74, 6) is 0.705. The quantitative estimate of drug-likeness (QED) is 0.835. The highest BCUT2D eigenvalue weighted by Crippen LogP contribution is 2.31. The van der Waals surface area contributed by atoms with E-state index in [2.05, 4.69) is 45.5 Å². The van der Waals surface area contributed by atoms with Gasteiger partial charge in [-0.2, -0.15) is 0 Å². The van der Waals surface area contributed by atoms with Crippen LogP contribution in [0.3, 0.4) is 0 Å². The highest BCUT2D eigenvalue weighted by molar-refractivity contribution is 9.09. The van der Waals surface area contributed by atoms with Crippen molar-refractivity contribution in [1.82, 2.24) is 10.3 Å². The maximum Gasteiger partial charge on any atom is 0.107 e. The summed E-state index contributed by atoms with van der Waals surface area (Å²) in [5.41, 5.74) is 1.14. The van der Waals surface area contributed by atoms with Crippen molar-refractivity contribution in [2.24, 2.45) is 5.92 Å². The Kier molecular flexibility index (Phi) is 5.06. The highest BCUT2D eigenvalue weighted by Gasteiger charge is 2.13. The SMILES string of the molecule is CNCc1csc(C(Br)CC(C)C)n1. The molecule has 0 aliphatic carbocycles. The minimum Gasteiger partial charge on any atom is -0.314 e. The van der Waals surface area contributed by atoms with Crippen molar-refractivity contribution < 1.29 is 0 Å². The predicted octanol–water partition coefficient (Wildman–Crippen LogP) is 3.34. The summed E-state index contributed by atoms with van der Waals surface area (Å²) in [6.45, 7) is 5.32. The summed E-state index contributed by atoms with van der Waals surface area (Å²) in [6.07, 6.45) is 1.15. The molecule has 1 unspecified atom stereocenters. The molecule has 0 aliphatic heterocycles. The molecule has 4 heteroatoms. The van der Waals surface area contributed by atoms with Crippen LogP contribution in [0.15, 0.2) is 5.38 Å². The van der Waals surface area contributed by atoms with Gasteiger partial charge in [0, 0.05) is 11.9 Å². The zero-order valence-corrected chi connectivity index (χ0v) is 11.3. The van der Waals surface area contributed by atoms with Crippen LogP contribution in [0.4, 0.5) is 0 Å². The van der Waals surface area contributed by atoms with Gasteiger partial charge in [0.15, 0.2) is 0 Å². The minimum absolute atomic E-state index is 0.415. The van der Waals surface area contributed by atoms with Gasteiger partial charge in [-0.1, -0.05) is 29.8 Å². The summed E-state index contributed by atoms with van der Waals surface area (Å²) in [6, 6.07) is 0. The second kappa shape index (κ2) is 5.83. The van der Waals surface area contributed by atoms with Crippen molar-refractivity contribution in [1.29, 1.82) is 0 Å². The number of alkyl halides is 1. The lowest BCUT2D eigenvalue weighted by Crippen LogP contribution is -2.05. The molecule has 1 heterocycles. The molecule has 1 aromatic heterocycles. The molecule has 0 radical (unpaired) electrons. The zero-order valence-electron chi connectivity index (χ0n) is 8.88. The van der Waals surface area contributed by atoms with Gasteiger partial charge < -0.3 is 5.32 Å². The highest BCUT2D eigenvalue weighted by atomic mass is 79.9. The Balaban J connectivity index is 2.57. The average molecular weight is 277 g/mol. The first-order chi connectivity index (χ1) is 6.63. The van der Waals surface area contributed by atoms with Gasteiger partial charge in [-0.15, -0.1) is 11.3 Å². The van der Waals surface area contributed by atoms with Crippen LogP contribution in [0.2, 0.25) is 0 Å². The van der Waals surface area contributed by atoms with Gasteiger partial charge in [-0.05, 0) is 19.4 Å². The Labute approximate surface area is 98.3 Å². The smallest absolute Gasteiger partial charge is 0.107 e. The van der Waals surface area contributed by atoms with Crippen LogP contribution in [-0.4, -0.2) is 12.0 Å². The lowest BCUT2D eigenvalue weighted by molar-refractivity contribution is 0.581. The third-order valence-electron chi connectivity index (χ3n) is 1.87. The summed E-state index contributed by atoms with van der Waals surface area (Å²) < 4.78 is 0. The van der Waals surface area contributed by atoms with Crippen LogP contribution in [0.5, 0.6) is 0 Å². The van der Waals surface area contributed by atoms with Crippen molar-refractivity contribution in [3.05, 3.63) is 16.1 Å². The molecule has 14 heavy (non-hydrogen) atoms. The van der Waals surface area contributed by atoms with Crippen molar-refractivity contribution in [2.45, 2.75) is 31.6 Å². The first-order valence-corrected chi connectivity index (χ1v) is 6.66. The number of nitrogens with one attached hydrogen (secondary N) is 1. The molecule has 0 bridgehead atoms. The van der Waals surface area contributed by atoms with E-state index in [0.29, 0.717) is 10.7 Å². The van der Waals surface area contributed by atoms with Crippen molar-refractivity contribution >= 4 is 27.3 Å². The van der Waals surface area contributed by atoms with Crippen LogP contribution in [0.25, 0.3) is 0 Å². The maximum atomic E-state index is 4.56. The second-order valence-corrected chi connectivity index (χ2v) is 5.80. The standard InChI is InChI=1S/C10H17BrN2S/c1-7(2)4-9(11)10-13-8(5-12-3)6-14-10/h6-7,9,12H,4-5H2,1-3H3. The Morgan fingerprint density at radius 2 is 2.29 bits per heavy atom. The van der Waals surface area contributed by atoms with E-state index in [1.54, 1.807) is 11.3 Å². The molecular formula is C10H17BrN2S. The van der Waals surface area contributed by atoms with Gasteiger partial charge in [0.1, 0.15) is 5.01 Å². The predicted molar refractivity (Wildman–Crippen MR) is 66.0 cm³/mol. The number of thiazole rings is 1. The fraction of sp³-hybridized carbons (Fsp3) is 0.700. The monoisotopic (exact) mass is 276 g/mol. The topological polar surface area (TPSA) is 24.9 Å². The van der Waals surface area contributed by atoms with Crippen LogP contribution >= 0.6 is 27.3 Å². The molecular weight excluding hydrogens is 260 g/mol. The van der Waals surface area contributed by atoms with Crippen molar-refractivity contribution in [2.75, 3.05) is 7.05 Å². The largest absolute Gasteiger partial charge is 0.314 e. The van der Waals surface area contributed by atoms with E-state index in [1.165, 1.54) is 5.01 Å². The van der Waals surface area contributed by atoms with Gasteiger partial charge in [0.25, 0.3) is 0 Å². The molecule has 0 spiro atoms. The van der Waals surface area contributed by atoms with Crippen LogP contribution in [-0.2, 0) is 6.54 Å². The van der Waals surface area contributed by atoms with Crippen molar-refractivity contribution in [3.8, 4) is 0 Å². The first kappa shape index (κ1) is 12.1. The van der Waals surface area contributed by atoms with E-state index < -0.39 is 0 Å². The lowest BCUT2D eigenvalue weighted by atomic mass is 10.1. The second-order valence-electron chi connectivity index (χ2n) is 3.80. The van der Waals surface area contributed by atoms with Gasteiger partial charge in [-0.25, -0.2) is 4.98 Å². The summed E-state index contributed by atoms with van der Waals surface area (Å²) >= 11 is 5.42. The number of hydrogen-bond donors (Lipinski definition) is 1. The Morgan fingerprint density at radius 1 is 1.57 bits per heavy atom. The van der Waals surface area contributed by atoms with E-state index in [0.717, 1.165) is 18.7 Å². The molecule has 1 N–H and O–H groups in total. The normalized spacial score (nSPS) is 13.5. The van der Waals surface area contributed by atoms with E-state index >= 15 is 0 Å². The Hall–Kier alpha value is 0.0700. The van der Waals surface area contributed by atoms with E-state index in [-0.39, 0.29) is 0 Å². The maximum absolute atomic E-state index is 4.56. The number of aromatic nitrogens is 1. The Morgan fingerprint density at radius 3 is 2.86 bits per heavy atom. The molecule has 0 saturated heterocycles. The molecule has 2 nitrogen and oxygen atoms in total. The average Bonchev–Trinajstić information content (AvgIpc) is 2.52. The van der Waals surface area contributed by atoms with E-state index in [4.69, 9.17) is 0 Å². The first-order valence-electron chi connectivity index (χ1n) is 4.86. The van der Waals surface area contributed by atoms with E-state index in [1.807, 2.05) is 7.05 Å². The van der Waals surface area contributed by atoms with Gasteiger partial charge in [0.2, 0.25) is 0 Å². The van der Waals surface area contributed by atoms with Gasteiger partial charge in [0.05, 0.1) is 10.5 Å². The fourth-order valence-electron chi connectivity index (χ4n) is 1.24. The molecule has 0 fully saturated rings. The van der Waals surface area contributed by atoms with Crippen LogP contribution < -0.4 is 5.32 Å². The van der Waals surface area contributed by atoms with Gasteiger partial charge >= 0.3 is 0 Å². The minimum atomic E-state index is 0.415.